The van der Waals surface area contributed by atoms with Gasteiger partial charge in [-0.25, -0.2) is 0 Å². The van der Waals surface area contributed by atoms with Crippen LogP contribution in [0, 0.1) is 0 Å². The average molecular weight is 781 g/mol. The number of hydrogen-bond acceptors (Lipinski definition) is 6. The van der Waals surface area contributed by atoms with Gasteiger partial charge in [0.1, 0.15) is 0 Å². The lowest BCUT2D eigenvalue weighted by Crippen LogP contribution is -2.32. The standard InChI is InChI=1S/C40H28Br2N8/c41-27-17-25(19-45-21-27)39-33-5-3-31(48-33)37(23-9-13-43-14-10-23)29-1-2-30(47-29)38(24-11-15-44-16-12-24)32-4-6-34(49-32)40(36-8-7-35(39)50-36)26-18-28(42)22-46-20-26/h1-22,33-34,47-50H/b37-31-,38-32-,39-35-,40-36-. The van der Waals surface area contributed by atoms with Gasteiger partial charge in [0.15, 0.2) is 0 Å². The Morgan fingerprint density at radius 2 is 0.940 bits per heavy atom. The van der Waals surface area contributed by atoms with Crippen LogP contribution in [0.25, 0.3) is 22.3 Å². The number of aromatic nitrogens is 6. The number of rotatable bonds is 4. The van der Waals surface area contributed by atoms with E-state index in [1.807, 2.05) is 73.8 Å². The molecular formula is C40H28Br2N8. The molecule has 4 N–H and O–H groups in total. The highest BCUT2D eigenvalue weighted by atomic mass is 79.9. The number of allylic oxidation sites excluding steroid dienone is 2. The maximum absolute atomic E-state index is 4.55. The van der Waals surface area contributed by atoms with Crippen molar-refractivity contribution in [3.8, 4) is 0 Å². The smallest absolute Gasteiger partial charge is 0.0728 e. The van der Waals surface area contributed by atoms with Crippen molar-refractivity contribution in [2.24, 2.45) is 0 Å². The van der Waals surface area contributed by atoms with E-state index in [1.165, 1.54) is 0 Å². The van der Waals surface area contributed by atoms with Crippen LogP contribution in [-0.4, -0.2) is 42.0 Å². The summed E-state index contributed by atoms with van der Waals surface area (Å²) < 4.78 is 1.82. The molecule has 0 saturated heterocycles. The first-order chi connectivity index (χ1) is 24.6. The third kappa shape index (κ3) is 5.56. The molecule has 0 aliphatic carbocycles. The van der Waals surface area contributed by atoms with E-state index >= 15 is 0 Å². The maximum Gasteiger partial charge on any atom is 0.0728 e. The van der Waals surface area contributed by atoms with Crippen LogP contribution < -0.4 is 21.3 Å². The molecule has 0 aromatic carbocycles. The molecule has 6 aromatic heterocycles. The second kappa shape index (κ2) is 12.7. The molecule has 50 heavy (non-hydrogen) atoms. The largest absolute Gasteiger partial charge is 0.374 e. The van der Waals surface area contributed by atoms with Crippen LogP contribution in [-0.2, 0) is 0 Å². The molecule has 8 bridgehead atoms. The van der Waals surface area contributed by atoms with Crippen LogP contribution in [0.4, 0.5) is 0 Å². The normalized spacial score (nSPS) is 23.2. The first-order valence-electron chi connectivity index (χ1n) is 16.1. The molecule has 2 unspecified atom stereocenters. The first-order valence-corrected chi connectivity index (χ1v) is 17.7. The van der Waals surface area contributed by atoms with Crippen molar-refractivity contribution in [3.05, 3.63) is 199 Å². The molecule has 0 radical (unpaired) electrons. The van der Waals surface area contributed by atoms with E-state index in [-0.39, 0.29) is 12.1 Å². The highest BCUT2D eigenvalue weighted by Gasteiger charge is 2.27. The highest BCUT2D eigenvalue weighted by molar-refractivity contribution is 9.10. The molecule has 0 amide bonds. The zero-order chi connectivity index (χ0) is 33.6. The van der Waals surface area contributed by atoms with Gasteiger partial charge in [-0.05, 0) is 116 Å². The summed E-state index contributed by atoms with van der Waals surface area (Å²) in [6.45, 7) is 0. The van der Waals surface area contributed by atoms with Crippen molar-refractivity contribution in [1.82, 2.24) is 40.5 Å². The summed E-state index contributed by atoms with van der Waals surface area (Å²) in [6, 6.07) is 20.7. The molecule has 0 saturated carbocycles. The summed E-state index contributed by atoms with van der Waals surface area (Å²) in [4.78, 5) is 25.4. The van der Waals surface area contributed by atoms with Crippen molar-refractivity contribution >= 4 is 54.2 Å². The van der Waals surface area contributed by atoms with Crippen LogP contribution in [0.15, 0.2) is 155 Å². The van der Waals surface area contributed by atoms with Gasteiger partial charge in [0, 0.05) is 125 Å². The minimum atomic E-state index is -0.147. The highest BCUT2D eigenvalue weighted by Crippen LogP contribution is 2.35. The molecule has 242 valence electrons. The molecule has 0 spiro atoms. The molecule has 2 atom stereocenters. The molecule has 3 aliphatic heterocycles. The van der Waals surface area contributed by atoms with Crippen LogP contribution in [0.1, 0.15) is 33.6 Å². The van der Waals surface area contributed by atoms with Gasteiger partial charge in [-0.3, -0.25) is 19.9 Å². The van der Waals surface area contributed by atoms with E-state index in [9.17, 15) is 0 Å². The average Bonchev–Trinajstić information content (AvgIpc) is 3.97. The van der Waals surface area contributed by atoms with Gasteiger partial charge in [0.25, 0.3) is 0 Å². The Hall–Kier alpha value is -5.58. The van der Waals surface area contributed by atoms with Gasteiger partial charge in [0.05, 0.1) is 12.1 Å². The number of halogens is 2. The summed E-state index contributed by atoms with van der Waals surface area (Å²) in [5.74, 6) is 0. The predicted molar refractivity (Wildman–Crippen MR) is 202 cm³/mol. The summed E-state index contributed by atoms with van der Waals surface area (Å²) in [5.41, 5.74) is 12.3. The summed E-state index contributed by atoms with van der Waals surface area (Å²) in [5, 5.41) is 9.71. The molecule has 0 fully saturated rings. The number of nitrogens with one attached hydrogen (secondary N) is 4. The first kappa shape index (κ1) is 30.5. The van der Waals surface area contributed by atoms with Crippen LogP contribution in [0.5, 0.6) is 0 Å². The van der Waals surface area contributed by atoms with E-state index in [2.05, 4.69) is 133 Å². The topological polar surface area (TPSA) is 107 Å². The van der Waals surface area contributed by atoms with Gasteiger partial charge in [0.2, 0.25) is 0 Å². The van der Waals surface area contributed by atoms with Crippen LogP contribution in [0.2, 0.25) is 0 Å². The van der Waals surface area contributed by atoms with E-state index in [0.29, 0.717) is 0 Å². The maximum atomic E-state index is 4.55. The number of H-pyrrole nitrogens is 2. The van der Waals surface area contributed by atoms with E-state index in [4.69, 9.17) is 0 Å². The van der Waals surface area contributed by atoms with E-state index < -0.39 is 0 Å². The van der Waals surface area contributed by atoms with Gasteiger partial charge in [-0.15, -0.1) is 0 Å². The Morgan fingerprint density at radius 3 is 1.38 bits per heavy atom. The summed E-state index contributed by atoms with van der Waals surface area (Å²) >= 11 is 7.33. The third-order valence-corrected chi connectivity index (χ3v) is 10.0. The Bertz CT molecular complexity index is 2350. The van der Waals surface area contributed by atoms with Crippen molar-refractivity contribution < 1.29 is 0 Å². The SMILES string of the molecule is Brc1cncc(/C2=c3\cc/c([nH]3)=C(\c3cncc(Br)c3)C3C=C/C(=C(\c4ccncc4)c4ccc([nH]4)/C(c4ccncc4)=C4/C=CC2N4)N3)c1. The number of fused-ring (bicyclic) bond motifs is 8. The summed E-state index contributed by atoms with van der Waals surface area (Å²) in [7, 11) is 0. The number of aromatic amines is 2. The fourth-order valence-corrected chi connectivity index (χ4v) is 7.76. The van der Waals surface area contributed by atoms with Gasteiger partial charge in [-0.1, -0.05) is 12.2 Å². The fraction of sp³-hybridized carbons (Fsp3) is 0.0500. The lowest BCUT2D eigenvalue weighted by Gasteiger charge is -2.19. The predicted octanol–water partition coefficient (Wildman–Crippen LogP) is 6.13. The van der Waals surface area contributed by atoms with Crippen molar-refractivity contribution in [2.75, 3.05) is 0 Å². The molecule has 6 aromatic rings. The van der Waals surface area contributed by atoms with Crippen LogP contribution in [0.3, 0.4) is 0 Å². The zero-order valence-corrected chi connectivity index (χ0v) is 29.6. The quantitative estimate of drug-likeness (QED) is 0.172. The third-order valence-electron chi connectivity index (χ3n) is 9.15. The monoisotopic (exact) mass is 778 g/mol. The van der Waals surface area contributed by atoms with E-state index in [0.717, 1.165) is 87.0 Å². The zero-order valence-electron chi connectivity index (χ0n) is 26.4. The minimum Gasteiger partial charge on any atom is -0.374 e. The number of hydrogen-bond donors (Lipinski definition) is 4. The van der Waals surface area contributed by atoms with Crippen molar-refractivity contribution in [3.63, 3.8) is 0 Å². The molecule has 9 heterocycles. The van der Waals surface area contributed by atoms with Crippen LogP contribution >= 0.6 is 31.9 Å². The van der Waals surface area contributed by atoms with Crippen molar-refractivity contribution in [1.29, 1.82) is 0 Å². The second-order valence-electron chi connectivity index (χ2n) is 12.2. The van der Waals surface area contributed by atoms with Gasteiger partial charge < -0.3 is 20.6 Å². The van der Waals surface area contributed by atoms with Gasteiger partial charge >= 0.3 is 0 Å². The van der Waals surface area contributed by atoms with E-state index in [1.54, 1.807) is 0 Å². The molecule has 3 aliphatic rings. The lowest BCUT2D eigenvalue weighted by molar-refractivity contribution is 0.848. The lowest BCUT2D eigenvalue weighted by atomic mass is 10.00. The molecule has 8 nitrogen and oxygen atoms in total. The molecule has 9 rings (SSSR count). The fourth-order valence-electron chi connectivity index (χ4n) is 7.03. The second-order valence-corrected chi connectivity index (χ2v) is 14.0. The van der Waals surface area contributed by atoms with Crippen molar-refractivity contribution in [2.45, 2.75) is 12.1 Å². The summed E-state index contributed by atoms with van der Waals surface area (Å²) in [6.07, 6.45) is 23.6. The minimum absolute atomic E-state index is 0.147. The molecule has 10 heteroatoms. The number of nitrogens with zero attached hydrogens (tertiary/aromatic N) is 4. The Balaban J connectivity index is 1.36. The number of pyridine rings is 4. The Labute approximate surface area is 304 Å². The van der Waals surface area contributed by atoms with Gasteiger partial charge in [-0.2, -0.15) is 0 Å². The molecular weight excluding hydrogens is 752 g/mol. The Morgan fingerprint density at radius 1 is 0.480 bits per heavy atom. The Kier molecular flexibility index (Phi) is 7.74.